The third kappa shape index (κ3) is 7.25. The highest BCUT2D eigenvalue weighted by atomic mass is 16.5. The van der Waals surface area contributed by atoms with E-state index in [1.54, 1.807) is 6.20 Å². The van der Waals surface area contributed by atoms with Gasteiger partial charge < -0.3 is 19.3 Å². The molecule has 1 aromatic carbocycles. The summed E-state index contributed by atoms with van der Waals surface area (Å²) in [7, 11) is 1.96. The van der Waals surface area contributed by atoms with Crippen molar-refractivity contribution in [3.8, 4) is 22.6 Å². The lowest BCUT2D eigenvalue weighted by Gasteiger charge is -2.57. The van der Waals surface area contributed by atoms with Gasteiger partial charge in [-0.05, 0) is 130 Å². The summed E-state index contributed by atoms with van der Waals surface area (Å²) in [4.78, 5) is 24.5. The van der Waals surface area contributed by atoms with Crippen molar-refractivity contribution in [1.29, 1.82) is 0 Å². The van der Waals surface area contributed by atoms with E-state index in [4.69, 9.17) is 9.47 Å². The Balaban J connectivity index is 0.957. The molecule has 0 spiro atoms. The molecule has 3 heterocycles. The summed E-state index contributed by atoms with van der Waals surface area (Å²) in [5.74, 6) is 5.10. The molecule has 4 aliphatic carbocycles. The number of nitrogens with zero attached hydrogens (tertiary/aromatic N) is 6. The molecule has 0 N–H and O–H groups in total. The maximum Gasteiger partial charge on any atom is 0.274 e. The van der Waals surface area contributed by atoms with Crippen molar-refractivity contribution >= 4 is 11.7 Å². The number of benzene rings is 1. The van der Waals surface area contributed by atoms with Gasteiger partial charge in [0, 0.05) is 58.1 Å². The molecule has 1 aliphatic heterocycles. The lowest BCUT2D eigenvalue weighted by molar-refractivity contribution is -0.0629. The molecule has 2 aromatic heterocycles. The zero-order valence-corrected chi connectivity index (χ0v) is 28.5. The van der Waals surface area contributed by atoms with Crippen LogP contribution in [0.4, 0.5) is 5.82 Å². The number of carbonyl (C=O) groups excluding carboxylic acids is 1. The van der Waals surface area contributed by atoms with Crippen molar-refractivity contribution in [1.82, 2.24) is 25.0 Å². The van der Waals surface area contributed by atoms with Crippen LogP contribution in [0.2, 0.25) is 0 Å². The van der Waals surface area contributed by atoms with E-state index in [9.17, 15) is 4.79 Å². The molecule has 5 fully saturated rings. The second-order valence-corrected chi connectivity index (χ2v) is 15.0. The minimum absolute atomic E-state index is 0.00643. The predicted molar refractivity (Wildman–Crippen MR) is 184 cm³/mol. The van der Waals surface area contributed by atoms with Crippen LogP contribution in [-0.4, -0.2) is 83.4 Å². The van der Waals surface area contributed by atoms with Crippen LogP contribution in [0.5, 0.6) is 11.5 Å². The molecule has 0 atom stereocenters. The standard InChI is InChI=1S/C38H50N6O3/c1-5-46-34-18-32(22-39-23-34)31-15-30(16-33(17-31)47-26(2)3)24-43-8-10-44(11-9-43)36-7-6-35(40-41-36)37(45)42(4)25-38-19-27-12-28(20-38)14-29(13-27)21-38/h6-7,15-18,22-23,26-29H,5,8-14,19-21,24-25H2,1-4H3. The first-order valence-corrected chi connectivity index (χ1v) is 17.7. The number of carbonyl (C=O) groups is 1. The van der Waals surface area contributed by atoms with Gasteiger partial charge >= 0.3 is 0 Å². The Morgan fingerprint density at radius 3 is 2.26 bits per heavy atom. The third-order valence-electron chi connectivity index (χ3n) is 10.8. The lowest BCUT2D eigenvalue weighted by Crippen LogP contribution is -2.51. The van der Waals surface area contributed by atoms with Gasteiger partial charge in [0.1, 0.15) is 11.5 Å². The fraction of sp³-hybridized carbons (Fsp3) is 0.579. The Kier molecular flexibility index (Phi) is 9.09. The summed E-state index contributed by atoms with van der Waals surface area (Å²) >= 11 is 0. The second kappa shape index (κ2) is 13.4. The first-order valence-electron chi connectivity index (χ1n) is 17.7. The summed E-state index contributed by atoms with van der Waals surface area (Å²) in [6, 6.07) is 12.3. The Labute approximate surface area is 279 Å². The molecule has 0 radical (unpaired) electrons. The summed E-state index contributed by atoms with van der Waals surface area (Å²) in [5, 5.41) is 8.94. The average molecular weight is 639 g/mol. The Morgan fingerprint density at radius 1 is 0.915 bits per heavy atom. The molecule has 1 saturated heterocycles. The van der Waals surface area contributed by atoms with Crippen LogP contribution in [0.3, 0.4) is 0 Å². The third-order valence-corrected chi connectivity index (χ3v) is 10.8. The number of hydrogen-bond donors (Lipinski definition) is 0. The van der Waals surface area contributed by atoms with Gasteiger partial charge in [-0.1, -0.05) is 0 Å². The maximum atomic E-state index is 13.4. The molecule has 4 saturated carbocycles. The highest BCUT2D eigenvalue weighted by molar-refractivity contribution is 5.92. The molecule has 5 aliphatic rings. The topological polar surface area (TPSA) is 83.9 Å². The first-order chi connectivity index (χ1) is 22.7. The molecule has 9 nitrogen and oxygen atoms in total. The predicted octanol–water partition coefficient (Wildman–Crippen LogP) is 6.34. The number of aromatic nitrogens is 3. The summed E-state index contributed by atoms with van der Waals surface area (Å²) in [5.41, 5.74) is 4.05. The second-order valence-electron chi connectivity index (χ2n) is 15.0. The number of rotatable bonds is 11. The molecular formula is C38H50N6O3. The SMILES string of the molecule is CCOc1cncc(-c2cc(CN3CCN(c4ccc(C(=O)N(C)CC56CC7CC(CC(C7)C5)C6)nn4)CC3)cc(OC(C)C)c2)c1. The average Bonchev–Trinajstić information content (AvgIpc) is 3.04. The minimum Gasteiger partial charge on any atom is -0.492 e. The van der Waals surface area contributed by atoms with Crippen molar-refractivity contribution in [2.75, 3.05) is 51.3 Å². The zero-order valence-electron chi connectivity index (χ0n) is 28.5. The van der Waals surface area contributed by atoms with E-state index in [0.29, 0.717) is 17.7 Å². The largest absolute Gasteiger partial charge is 0.492 e. The minimum atomic E-state index is -0.00643. The summed E-state index contributed by atoms with van der Waals surface area (Å²) < 4.78 is 11.8. The van der Waals surface area contributed by atoms with Gasteiger partial charge in [-0.25, -0.2) is 0 Å². The van der Waals surface area contributed by atoms with Gasteiger partial charge in [0.2, 0.25) is 0 Å². The molecule has 250 valence electrons. The van der Waals surface area contributed by atoms with E-state index in [1.807, 2.05) is 43.3 Å². The number of ether oxygens (including phenoxy) is 2. The zero-order chi connectivity index (χ0) is 32.5. The van der Waals surface area contributed by atoms with Gasteiger partial charge in [0.05, 0.1) is 18.9 Å². The molecule has 47 heavy (non-hydrogen) atoms. The van der Waals surface area contributed by atoms with Crippen molar-refractivity contribution in [3.05, 3.63) is 60.0 Å². The molecule has 9 heteroatoms. The Hall–Kier alpha value is -3.72. The highest BCUT2D eigenvalue weighted by Gasteiger charge is 2.51. The van der Waals surface area contributed by atoms with Crippen LogP contribution < -0.4 is 14.4 Å². The smallest absolute Gasteiger partial charge is 0.274 e. The normalized spacial score (nSPS) is 25.3. The molecule has 3 aromatic rings. The fourth-order valence-corrected chi connectivity index (χ4v) is 9.34. The number of anilines is 1. The number of amides is 1. The number of piperazine rings is 1. The van der Waals surface area contributed by atoms with Crippen LogP contribution in [-0.2, 0) is 6.54 Å². The molecule has 4 bridgehead atoms. The monoisotopic (exact) mass is 638 g/mol. The van der Waals surface area contributed by atoms with E-state index in [2.05, 4.69) is 57.0 Å². The fourth-order valence-electron chi connectivity index (χ4n) is 9.34. The van der Waals surface area contributed by atoms with Crippen molar-refractivity contribution in [2.24, 2.45) is 23.2 Å². The molecular weight excluding hydrogens is 588 g/mol. The van der Waals surface area contributed by atoms with Gasteiger partial charge in [0.25, 0.3) is 5.91 Å². The summed E-state index contributed by atoms with van der Waals surface area (Å²) in [6.07, 6.45) is 11.9. The summed E-state index contributed by atoms with van der Waals surface area (Å²) in [6.45, 7) is 11.9. The number of pyridine rings is 1. The van der Waals surface area contributed by atoms with Gasteiger partial charge in [-0.3, -0.25) is 14.7 Å². The van der Waals surface area contributed by atoms with E-state index < -0.39 is 0 Å². The van der Waals surface area contributed by atoms with E-state index in [-0.39, 0.29) is 12.0 Å². The first kappa shape index (κ1) is 31.9. The maximum absolute atomic E-state index is 13.4. The molecule has 1 amide bonds. The van der Waals surface area contributed by atoms with Crippen LogP contribution in [0, 0.1) is 23.2 Å². The van der Waals surface area contributed by atoms with Crippen molar-refractivity contribution in [3.63, 3.8) is 0 Å². The van der Waals surface area contributed by atoms with E-state index in [1.165, 1.54) is 44.1 Å². The van der Waals surface area contributed by atoms with Crippen LogP contribution >= 0.6 is 0 Å². The van der Waals surface area contributed by atoms with E-state index in [0.717, 1.165) is 85.5 Å². The van der Waals surface area contributed by atoms with Gasteiger partial charge in [0.15, 0.2) is 11.5 Å². The van der Waals surface area contributed by atoms with Crippen molar-refractivity contribution in [2.45, 2.75) is 71.9 Å². The lowest BCUT2D eigenvalue weighted by atomic mass is 9.49. The molecule has 8 rings (SSSR count). The van der Waals surface area contributed by atoms with Gasteiger partial charge in [-0.15, -0.1) is 10.2 Å². The number of hydrogen-bond acceptors (Lipinski definition) is 8. The highest BCUT2D eigenvalue weighted by Crippen LogP contribution is 2.60. The van der Waals surface area contributed by atoms with Gasteiger partial charge in [-0.2, -0.15) is 0 Å². The molecule has 0 unspecified atom stereocenters. The Bertz CT molecular complexity index is 1520. The Morgan fingerprint density at radius 2 is 1.62 bits per heavy atom. The quantitative estimate of drug-likeness (QED) is 0.241. The van der Waals surface area contributed by atoms with Crippen LogP contribution in [0.25, 0.3) is 11.1 Å². The van der Waals surface area contributed by atoms with E-state index >= 15 is 0 Å². The van der Waals surface area contributed by atoms with Crippen LogP contribution in [0.1, 0.15) is 75.3 Å². The van der Waals surface area contributed by atoms with Crippen LogP contribution in [0.15, 0.2) is 48.8 Å². The van der Waals surface area contributed by atoms with Crippen molar-refractivity contribution < 1.29 is 14.3 Å².